The van der Waals surface area contributed by atoms with Gasteiger partial charge in [0.15, 0.2) is 17.1 Å². The van der Waals surface area contributed by atoms with Crippen molar-refractivity contribution >= 4 is 58.2 Å². The van der Waals surface area contributed by atoms with E-state index in [2.05, 4.69) is 15.5 Å². The van der Waals surface area contributed by atoms with Crippen molar-refractivity contribution in [1.29, 1.82) is 0 Å². The van der Waals surface area contributed by atoms with Crippen LogP contribution in [-0.2, 0) is 11.3 Å². The van der Waals surface area contributed by atoms with E-state index in [1.807, 2.05) is 37.5 Å². The molecule has 10 heteroatoms. The summed E-state index contributed by atoms with van der Waals surface area (Å²) in [4.78, 5) is 12.3. The van der Waals surface area contributed by atoms with Gasteiger partial charge in [-0.15, -0.1) is 10.2 Å². The lowest BCUT2D eigenvalue weighted by molar-refractivity contribution is -0.113. The third-order valence-electron chi connectivity index (χ3n) is 4.40. The minimum atomic E-state index is -0.327. The number of thioether (sulfide) groups is 1. The second-order valence-corrected chi connectivity index (χ2v) is 8.91. The van der Waals surface area contributed by atoms with E-state index in [1.165, 1.54) is 11.8 Å². The molecule has 1 heterocycles. The number of aromatic nitrogens is 3. The number of rotatable bonds is 8. The van der Waals surface area contributed by atoms with Crippen molar-refractivity contribution in [3.05, 3.63) is 62.9 Å². The molecule has 31 heavy (non-hydrogen) atoms. The number of carbonyl (C=O) groups excluding carboxylic acids is 1. The number of benzene rings is 2. The SMILES string of the molecule is CCn1c(SCC(=O)Nc2ccc(Cl)c(Cl)c2)nnc1C(C)Oc1ccc(Cl)cc1C. The molecule has 0 saturated heterocycles. The van der Waals surface area contributed by atoms with E-state index in [9.17, 15) is 4.79 Å². The predicted molar refractivity (Wildman–Crippen MR) is 127 cm³/mol. The first-order valence-electron chi connectivity index (χ1n) is 9.52. The van der Waals surface area contributed by atoms with Crippen LogP contribution in [0.4, 0.5) is 5.69 Å². The van der Waals surface area contributed by atoms with E-state index >= 15 is 0 Å². The van der Waals surface area contributed by atoms with Crippen molar-refractivity contribution in [3.63, 3.8) is 0 Å². The predicted octanol–water partition coefficient (Wildman–Crippen LogP) is 6.44. The molecule has 1 N–H and O–H groups in total. The van der Waals surface area contributed by atoms with Gasteiger partial charge >= 0.3 is 0 Å². The molecule has 164 valence electrons. The van der Waals surface area contributed by atoms with Crippen LogP contribution in [0.2, 0.25) is 15.1 Å². The van der Waals surface area contributed by atoms with Crippen LogP contribution < -0.4 is 10.1 Å². The molecule has 6 nitrogen and oxygen atoms in total. The van der Waals surface area contributed by atoms with Crippen LogP contribution in [-0.4, -0.2) is 26.4 Å². The highest BCUT2D eigenvalue weighted by Crippen LogP contribution is 2.29. The number of halogens is 3. The normalized spacial score (nSPS) is 11.9. The lowest BCUT2D eigenvalue weighted by Crippen LogP contribution is -2.15. The first-order chi connectivity index (χ1) is 14.8. The maximum Gasteiger partial charge on any atom is 0.234 e. The van der Waals surface area contributed by atoms with Gasteiger partial charge in [0.2, 0.25) is 5.91 Å². The Labute approximate surface area is 200 Å². The number of ether oxygens (including phenoxy) is 1. The van der Waals surface area contributed by atoms with E-state index in [1.54, 1.807) is 24.3 Å². The molecule has 1 amide bonds. The minimum absolute atomic E-state index is 0.171. The number of anilines is 1. The Balaban J connectivity index is 1.65. The Hall–Kier alpha value is -1.93. The molecular weight excluding hydrogens is 479 g/mol. The molecule has 0 spiro atoms. The van der Waals surface area contributed by atoms with Gasteiger partial charge in [-0.1, -0.05) is 46.6 Å². The van der Waals surface area contributed by atoms with Crippen molar-refractivity contribution in [3.8, 4) is 5.75 Å². The largest absolute Gasteiger partial charge is 0.482 e. The fourth-order valence-electron chi connectivity index (χ4n) is 2.89. The molecule has 0 aliphatic rings. The summed E-state index contributed by atoms with van der Waals surface area (Å²) in [6, 6.07) is 10.4. The molecule has 2 aromatic carbocycles. The number of aryl methyl sites for hydroxylation is 1. The molecule has 0 aliphatic heterocycles. The Morgan fingerprint density at radius 1 is 1.16 bits per heavy atom. The van der Waals surface area contributed by atoms with Crippen LogP contribution in [0, 0.1) is 6.92 Å². The zero-order valence-electron chi connectivity index (χ0n) is 17.2. The van der Waals surface area contributed by atoms with Gasteiger partial charge in [0.25, 0.3) is 0 Å². The van der Waals surface area contributed by atoms with Crippen LogP contribution in [0.5, 0.6) is 5.75 Å². The third kappa shape index (κ3) is 6.07. The van der Waals surface area contributed by atoms with Crippen LogP contribution in [0.25, 0.3) is 0 Å². The summed E-state index contributed by atoms with van der Waals surface area (Å²) in [5.41, 5.74) is 1.52. The van der Waals surface area contributed by atoms with Gasteiger partial charge < -0.3 is 14.6 Å². The number of carbonyl (C=O) groups is 1. The molecule has 0 saturated carbocycles. The monoisotopic (exact) mass is 498 g/mol. The average Bonchev–Trinajstić information content (AvgIpc) is 3.14. The highest BCUT2D eigenvalue weighted by atomic mass is 35.5. The number of hydrogen-bond acceptors (Lipinski definition) is 5. The van der Waals surface area contributed by atoms with E-state index in [0.29, 0.717) is 38.3 Å². The second kappa shape index (κ2) is 10.6. The van der Waals surface area contributed by atoms with Gasteiger partial charge in [0, 0.05) is 17.3 Å². The van der Waals surface area contributed by atoms with Crippen LogP contribution in [0.15, 0.2) is 41.6 Å². The summed E-state index contributed by atoms with van der Waals surface area (Å²) in [5.74, 6) is 1.41. The summed E-state index contributed by atoms with van der Waals surface area (Å²) in [5, 5.41) is 13.5. The van der Waals surface area contributed by atoms with Crippen LogP contribution in [0.1, 0.15) is 31.3 Å². The van der Waals surface area contributed by atoms with Gasteiger partial charge in [0.05, 0.1) is 15.8 Å². The molecular formula is C21H21Cl3N4O2S. The zero-order chi connectivity index (χ0) is 22.5. The summed E-state index contributed by atoms with van der Waals surface area (Å²) in [6.07, 6.45) is -0.327. The number of nitrogens with zero attached hydrogens (tertiary/aromatic N) is 3. The van der Waals surface area contributed by atoms with Crippen molar-refractivity contribution in [1.82, 2.24) is 14.8 Å². The van der Waals surface area contributed by atoms with Crippen molar-refractivity contribution in [2.45, 2.75) is 38.6 Å². The van der Waals surface area contributed by atoms with Gasteiger partial charge in [-0.3, -0.25) is 4.79 Å². The van der Waals surface area contributed by atoms with E-state index < -0.39 is 0 Å². The van der Waals surface area contributed by atoms with Gasteiger partial charge in [-0.25, -0.2) is 0 Å². The molecule has 0 fully saturated rings. The summed E-state index contributed by atoms with van der Waals surface area (Å²) in [6.45, 7) is 6.49. The van der Waals surface area contributed by atoms with Crippen molar-refractivity contribution in [2.24, 2.45) is 0 Å². The minimum Gasteiger partial charge on any atom is -0.482 e. The maximum atomic E-state index is 12.3. The lowest BCUT2D eigenvalue weighted by Gasteiger charge is -2.17. The summed E-state index contributed by atoms with van der Waals surface area (Å²) < 4.78 is 8.01. The fraction of sp³-hybridized carbons (Fsp3) is 0.286. The topological polar surface area (TPSA) is 69.0 Å². The first-order valence-corrected chi connectivity index (χ1v) is 11.6. The smallest absolute Gasteiger partial charge is 0.234 e. The first kappa shape index (κ1) is 23.7. The number of amides is 1. The fourth-order valence-corrected chi connectivity index (χ4v) is 4.23. The van der Waals surface area contributed by atoms with Gasteiger partial charge in [0.1, 0.15) is 5.75 Å². The molecule has 3 rings (SSSR count). The molecule has 0 aliphatic carbocycles. The molecule has 0 bridgehead atoms. The molecule has 3 aromatic rings. The number of nitrogens with one attached hydrogen (secondary N) is 1. The standard InChI is InChI=1S/C21H21Cl3N4O2S/c1-4-28-20(13(3)30-18-8-5-14(22)9-12(18)2)26-27-21(28)31-11-19(29)25-15-6-7-16(23)17(24)10-15/h5-10,13H,4,11H2,1-3H3,(H,25,29). The lowest BCUT2D eigenvalue weighted by atomic mass is 10.2. The maximum absolute atomic E-state index is 12.3. The van der Waals surface area contributed by atoms with Crippen LogP contribution >= 0.6 is 46.6 Å². The van der Waals surface area contributed by atoms with Crippen molar-refractivity contribution < 1.29 is 9.53 Å². The zero-order valence-corrected chi connectivity index (χ0v) is 20.2. The van der Waals surface area contributed by atoms with Crippen molar-refractivity contribution in [2.75, 3.05) is 11.1 Å². The highest BCUT2D eigenvalue weighted by molar-refractivity contribution is 7.99. The number of hydrogen-bond donors (Lipinski definition) is 1. The Kier molecular flexibility index (Phi) is 8.11. The van der Waals surface area contributed by atoms with E-state index in [0.717, 1.165) is 11.3 Å². The summed E-state index contributed by atoms with van der Waals surface area (Å²) >= 11 is 19.2. The highest BCUT2D eigenvalue weighted by Gasteiger charge is 2.20. The van der Waals surface area contributed by atoms with Gasteiger partial charge in [-0.2, -0.15) is 0 Å². The third-order valence-corrected chi connectivity index (χ3v) is 6.34. The summed E-state index contributed by atoms with van der Waals surface area (Å²) in [7, 11) is 0. The van der Waals surface area contributed by atoms with Crippen LogP contribution in [0.3, 0.4) is 0 Å². The Bertz CT molecular complexity index is 1090. The Morgan fingerprint density at radius 3 is 2.61 bits per heavy atom. The van der Waals surface area contributed by atoms with E-state index in [4.69, 9.17) is 39.5 Å². The molecule has 1 aromatic heterocycles. The molecule has 1 atom stereocenters. The van der Waals surface area contributed by atoms with E-state index in [-0.39, 0.29) is 17.8 Å². The quantitative estimate of drug-likeness (QED) is 0.361. The van der Waals surface area contributed by atoms with Gasteiger partial charge in [-0.05, 0) is 62.7 Å². The molecule has 0 radical (unpaired) electrons. The second-order valence-electron chi connectivity index (χ2n) is 6.72. The molecule has 1 unspecified atom stereocenters. The Morgan fingerprint density at radius 2 is 1.94 bits per heavy atom. The average molecular weight is 500 g/mol.